The Morgan fingerprint density at radius 2 is 2.11 bits per heavy atom. The molecule has 0 atom stereocenters. The van der Waals surface area contributed by atoms with Crippen molar-refractivity contribution in [2.75, 3.05) is 7.11 Å². The van der Waals surface area contributed by atoms with Crippen molar-refractivity contribution in [1.82, 2.24) is 5.16 Å². The smallest absolute Gasteiger partial charge is 0.175 e. The number of aromatic nitrogens is 1. The van der Waals surface area contributed by atoms with Crippen molar-refractivity contribution in [3.8, 4) is 17.1 Å². The minimum atomic E-state index is 0.403. The predicted octanol–water partition coefficient (Wildman–Crippen LogP) is 3.24. The van der Waals surface area contributed by atoms with E-state index in [1.54, 1.807) is 7.11 Å². The van der Waals surface area contributed by atoms with Gasteiger partial charge in [-0.15, -0.1) is 0 Å². The van der Waals surface area contributed by atoms with Crippen LogP contribution in [0.5, 0.6) is 5.75 Å². The number of methoxy groups -OCH3 is 1. The van der Waals surface area contributed by atoms with Gasteiger partial charge in [-0.25, -0.2) is 0 Å². The van der Waals surface area contributed by atoms with Gasteiger partial charge in [-0.05, 0) is 30.5 Å². The lowest BCUT2D eigenvalue weighted by molar-refractivity contribution is 0.404. The van der Waals surface area contributed by atoms with Crippen LogP contribution in [0.15, 0.2) is 22.7 Å². The third-order valence-electron chi connectivity index (χ3n) is 3.33. The van der Waals surface area contributed by atoms with Crippen LogP contribution in [0.1, 0.15) is 36.6 Å². The maximum atomic E-state index is 5.76. The average molecular weight is 260 g/mol. The second kappa shape index (κ2) is 5.45. The molecular formula is C15H20N2O2. The highest BCUT2D eigenvalue weighted by atomic mass is 16.5. The average Bonchev–Trinajstić information content (AvgIpc) is 2.78. The first-order chi connectivity index (χ1) is 9.08. The van der Waals surface area contributed by atoms with Crippen LogP contribution >= 0.6 is 0 Å². The fraction of sp³-hybridized carbons (Fsp3) is 0.400. The van der Waals surface area contributed by atoms with Crippen LogP contribution in [0.3, 0.4) is 0 Å². The van der Waals surface area contributed by atoms with Crippen LogP contribution in [-0.4, -0.2) is 12.3 Å². The van der Waals surface area contributed by atoms with Gasteiger partial charge in [0.15, 0.2) is 5.76 Å². The van der Waals surface area contributed by atoms with E-state index in [9.17, 15) is 0 Å². The van der Waals surface area contributed by atoms with Crippen molar-refractivity contribution in [3.63, 3.8) is 0 Å². The van der Waals surface area contributed by atoms with Gasteiger partial charge in [0.2, 0.25) is 0 Å². The van der Waals surface area contributed by atoms with Crippen LogP contribution in [0.4, 0.5) is 0 Å². The number of aryl methyl sites for hydroxylation is 1. The first-order valence-electron chi connectivity index (χ1n) is 6.42. The predicted molar refractivity (Wildman–Crippen MR) is 75.2 cm³/mol. The molecule has 0 bridgehead atoms. The van der Waals surface area contributed by atoms with Crippen LogP contribution in [0.2, 0.25) is 0 Å². The zero-order valence-electron chi connectivity index (χ0n) is 11.9. The van der Waals surface area contributed by atoms with E-state index in [1.165, 1.54) is 5.56 Å². The molecule has 0 saturated heterocycles. The summed E-state index contributed by atoms with van der Waals surface area (Å²) in [6, 6.07) is 6.13. The highest BCUT2D eigenvalue weighted by molar-refractivity contribution is 5.69. The van der Waals surface area contributed by atoms with E-state index >= 15 is 0 Å². The molecule has 102 valence electrons. The van der Waals surface area contributed by atoms with Crippen LogP contribution < -0.4 is 10.5 Å². The summed E-state index contributed by atoms with van der Waals surface area (Å²) < 4.78 is 10.9. The van der Waals surface area contributed by atoms with E-state index in [-0.39, 0.29) is 0 Å². The lowest BCUT2D eigenvalue weighted by Crippen LogP contribution is -2.00. The number of rotatable bonds is 4. The lowest BCUT2D eigenvalue weighted by atomic mass is 9.98. The van der Waals surface area contributed by atoms with Crippen LogP contribution in [0.25, 0.3) is 11.3 Å². The van der Waals surface area contributed by atoms with Gasteiger partial charge in [-0.2, -0.15) is 0 Å². The number of nitrogens with zero attached hydrogens (tertiary/aromatic N) is 1. The first-order valence-corrected chi connectivity index (χ1v) is 6.42. The Morgan fingerprint density at radius 1 is 1.37 bits per heavy atom. The van der Waals surface area contributed by atoms with Crippen LogP contribution in [0, 0.1) is 6.92 Å². The Bertz CT molecular complexity index is 574. The summed E-state index contributed by atoms with van der Waals surface area (Å²) in [7, 11) is 1.66. The van der Waals surface area contributed by atoms with E-state index in [2.05, 4.69) is 25.1 Å². The normalized spacial score (nSPS) is 11.1. The molecule has 0 spiro atoms. The molecule has 1 aromatic heterocycles. The standard InChI is InChI=1S/C15H20N2O2/c1-9(2)11-5-6-12(14(7-11)18-4)15-13(8-16)10(3)17-19-15/h5-7,9H,8,16H2,1-4H3. The third kappa shape index (κ3) is 2.49. The van der Waals surface area contributed by atoms with E-state index in [0.29, 0.717) is 18.2 Å². The molecule has 4 heteroatoms. The summed E-state index contributed by atoms with van der Waals surface area (Å²) in [6.45, 7) is 6.60. The van der Waals surface area contributed by atoms with Gasteiger partial charge in [0, 0.05) is 12.1 Å². The summed E-state index contributed by atoms with van der Waals surface area (Å²) in [5, 5.41) is 3.99. The summed E-state index contributed by atoms with van der Waals surface area (Å²) in [6.07, 6.45) is 0. The number of hydrogen-bond donors (Lipinski definition) is 1. The summed E-state index contributed by atoms with van der Waals surface area (Å²) in [5.41, 5.74) is 9.64. The molecule has 0 radical (unpaired) electrons. The third-order valence-corrected chi connectivity index (χ3v) is 3.33. The second-order valence-electron chi connectivity index (χ2n) is 4.89. The highest BCUT2D eigenvalue weighted by Gasteiger charge is 2.18. The van der Waals surface area contributed by atoms with Crippen molar-refractivity contribution in [1.29, 1.82) is 0 Å². The molecule has 2 aromatic rings. The molecule has 1 heterocycles. The van der Waals surface area contributed by atoms with Gasteiger partial charge in [-0.3, -0.25) is 0 Å². The van der Waals surface area contributed by atoms with Crippen molar-refractivity contribution < 1.29 is 9.26 Å². The van der Waals surface area contributed by atoms with Crippen molar-refractivity contribution in [2.24, 2.45) is 5.73 Å². The Labute approximate surface area is 113 Å². The molecule has 0 saturated carbocycles. The Balaban J connectivity index is 2.55. The van der Waals surface area contributed by atoms with Gasteiger partial charge in [0.05, 0.1) is 18.4 Å². The van der Waals surface area contributed by atoms with E-state index in [0.717, 1.165) is 22.6 Å². The Morgan fingerprint density at radius 3 is 2.68 bits per heavy atom. The second-order valence-corrected chi connectivity index (χ2v) is 4.89. The molecule has 0 aliphatic heterocycles. The Hall–Kier alpha value is -1.81. The van der Waals surface area contributed by atoms with Crippen molar-refractivity contribution in [2.45, 2.75) is 33.2 Å². The molecule has 4 nitrogen and oxygen atoms in total. The number of hydrogen-bond acceptors (Lipinski definition) is 4. The molecule has 19 heavy (non-hydrogen) atoms. The molecule has 1 aromatic carbocycles. The summed E-state index contributed by atoms with van der Waals surface area (Å²) >= 11 is 0. The largest absolute Gasteiger partial charge is 0.496 e. The fourth-order valence-corrected chi connectivity index (χ4v) is 2.10. The van der Waals surface area contributed by atoms with Crippen LogP contribution in [-0.2, 0) is 6.54 Å². The molecule has 0 aliphatic rings. The minimum Gasteiger partial charge on any atom is -0.496 e. The van der Waals surface area contributed by atoms with E-state index in [4.69, 9.17) is 15.0 Å². The highest BCUT2D eigenvalue weighted by Crippen LogP contribution is 2.35. The number of ether oxygens (including phenoxy) is 1. The van der Waals surface area contributed by atoms with Gasteiger partial charge >= 0.3 is 0 Å². The SMILES string of the molecule is COc1cc(C(C)C)ccc1-c1onc(C)c1CN. The van der Waals surface area contributed by atoms with Crippen molar-refractivity contribution >= 4 is 0 Å². The summed E-state index contributed by atoms with van der Waals surface area (Å²) in [5.74, 6) is 1.94. The maximum Gasteiger partial charge on any atom is 0.175 e. The Kier molecular flexibility index (Phi) is 3.90. The van der Waals surface area contributed by atoms with Gasteiger partial charge in [-0.1, -0.05) is 25.1 Å². The lowest BCUT2D eigenvalue weighted by Gasteiger charge is -2.11. The molecule has 2 rings (SSSR count). The molecular weight excluding hydrogens is 240 g/mol. The van der Waals surface area contributed by atoms with E-state index in [1.807, 2.05) is 19.1 Å². The zero-order chi connectivity index (χ0) is 14.0. The first kappa shape index (κ1) is 13.6. The molecule has 0 unspecified atom stereocenters. The minimum absolute atomic E-state index is 0.403. The maximum absolute atomic E-state index is 5.76. The van der Waals surface area contributed by atoms with Gasteiger partial charge in [0.1, 0.15) is 5.75 Å². The monoisotopic (exact) mass is 260 g/mol. The van der Waals surface area contributed by atoms with Crippen molar-refractivity contribution in [3.05, 3.63) is 35.0 Å². The summed E-state index contributed by atoms with van der Waals surface area (Å²) in [4.78, 5) is 0. The number of nitrogens with two attached hydrogens (primary N) is 1. The fourth-order valence-electron chi connectivity index (χ4n) is 2.10. The topological polar surface area (TPSA) is 61.3 Å². The molecule has 0 amide bonds. The quantitative estimate of drug-likeness (QED) is 0.916. The molecule has 0 fully saturated rings. The van der Waals surface area contributed by atoms with E-state index < -0.39 is 0 Å². The molecule has 2 N–H and O–H groups in total. The zero-order valence-corrected chi connectivity index (χ0v) is 11.9. The molecule has 0 aliphatic carbocycles. The van der Waals surface area contributed by atoms with Gasteiger partial charge < -0.3 is 15.0 Å². The van der Waals surface area contributed by atoms with Gasteiger partial charge in [0.25, 0.3) is 0 Å². The number of benzene rings is 1.